The molecular weight excluding hydrogens is 356 g/mol. The minimum Gasteiger partial charge on any atom is -0.497 e. The predicted molar refractivity (Wildman–Crippen MR) is 94.6 cm³/mol. The van der Waals surface area contributed by atoms with Crippen molar-refractivity contribution in [3.63, 3.8) is 0 Å². The number of methoxy groups -OCH3 is 1. The maximum Gasteiger partial charge on any atom is 0.253 e. The van der Waals surface area contributed by atoms with E-state index in [4.69, 9.17) is 4.74 Å². The Morgan fingerprint density at radius 1 is 1.15 bits per heavy atom. The Morgan fingerprint density at radius 2 is 1.85 bits per heavy atom. The molecule has 0 unspecified atom stereocenters. The quantitative estimate of drug-likeness (QED) is 0.822. The van der Waals surface area contributed by atoms with E-state index in [1.165, 1.54) is 0 Å². The third-order valence-electron chi connectivity index (χ3n) is 5.60. The van der Waals surface area contributed by atoms with E-state index in [1.54, 1.807) is 36.3 Å². The van der Waals surface area contributed by atoms with Gasteiger partial charge in [0.2, 0.25) is 5.91 Å². The summed E-state index contributed by atoms with van der Waals surface area (Å²) in [6, 6.07) is 6.37. The Hall–Kier alpha value is -2.09. The highest BCUT2D eigenvalue weighted by atomic mass is 32.2. The number of sulfone groups is 1. The first-order chi connectivity index (χ1) is 12.4. The van der Waals surface area contributed by atoms with Crippen LogP contribution in [0.2, 0.25) is 0 Å². The van der Waals surface area contributed by atoms with Gasteiger partial charge in [-0.05, 0) is 37.1 Å². The van der Waals surface area contributed by atoms with Gasteiger partial charge in [-0.1, -0.05) is 0 Å². The SMILES string of the molecule is COc1ccc(C(=O)N2C[C@H]3[C@H](NC(=O)C4CC4)CS(=O)(=O)[C@H]3C2)cc1. The molecule has 7 nitrogen and oxygen atoms in total. The lowest BCUT2D eigenvalue weighted by Crippen LogP contribution is -2.43. The van der Waals surface area contributed by atoms with Crippen molar-refractivity contribution in [1.29, 1.82) is 0 Å². The standard InChI is InChI=1S/C18H22N2O5S/c1-25-13-6-4-12(5-7-13)18(22)20-8-14-15(19-17(21)11-2-3-11)10-26(23,24)16(14)9-20/h4-7,11,14-16H,2-3,8-10H2,1H3,(H,19,21)/t14-,15+,16-/m0/s1. The molecule has 1 aromatic carbocycles. The van der Waals surface area contributed by atoms with Crippen LogP contribution in [0.3, 0.4) is 0 Å². The van der Waals surface area contributed by atoms with Crippen molar-refractivity contribution in [3.8, 4) is 5.75 Å². The molecule has 3 atom stereocenters. The van der Waals surface area contributed by atoms with Crippen LogP contribution in [-0.4, -0.2) is 62.4 Å². The number of hydrogen-bond donors (Lipinski definition) is 1. The molecule has 1 aliphatic carbocycles. The van der Waals surface area contributed by atoms with E-state index in [1.807, 2.05) is 0 Å². The lowest BCUT2D eigenvalue weighted by atomic mass is 10.0. The third-order valence-corrected chi connectivity index (χ3v) is 7.84. The molecule has 8 heteroatoms. The fraction of sp³-hybridized carbons (Fsp3) is 0.556. The van der Waals surface area contributed by atoms with Gasteiger partial charge in [0.05, 0.1) is 18.1 Å². The van der Waals surface area contributed by atoms with Crippen molar-refractivity contribution >= 4 is 21.7 Å². The van der Waals surface area contributed by atoms with Gasteiger partial charge in [-0.15, -0.1) is 0 Å². The number of carbonyl (C=O) groups excluding carboxylic acids is 2. The van der Waals surface area contributed by atoms with E-state index in [0.29, 0.717) is 17.9 Å². The molecule has 3 fully saturated rings. The average Bonchev–Trinajstić information content (AvgIpc) is 3.33. The van der Waals surface area contributed by atoms with Gasteiger partial charge in [0.15, 0.2) is 9.84 Å². The minimum absolute atomic E-state index is 0.0225. The maximum absolute atomic E-state index is 12.7. The summed E-state index contributed by atoms with van der Waals surface area (Å²) in [6.07, 6.45) is 1.75. The molecule has 2 heterocycles. The fourth-order valence-electron chi connectivity index (χ4n) is 3.94. The van der Waals surface area contributed by atoms with Crippen LogP contribution in [0.1, 0.15) is 23.2 Å². The number of amides is 2. The highest BCUT2D eigenvalue weighted by molar-refractivity contribution is 7.92. The van der Waals surface area contributed by atoms with Crippen LogP contribution in [0, 0.1) is 11.8 Å². The zero-order valence-electron chi connectivity index (χ0n) is 14.6. The first kappa shape index (κ1) is 17.3. The Labute approximate surface area is 152 Å². The largest absolute Gasteiger partial charge is 0.497 e. The molecule has 1 saturated carbocycles. The summed E-state index contributed by atoms with van der Waals surface area (Å²) in [6.45, 7) is 0.540. The Bertz CT molecular complexity index is 832. The van der Waals surface area contributed by atoms with Gasteiger partial charge in [0, 0.05) is 36.5 Å². The molecule has 26 heavy (non-hydrogen) atoms. The number of ether oxygens (including phenoxy) is 1. The molecule has 1 N–H and O–H groups in total. The van der Waals surface area contributed by atoms with Crippen molar-refractivity contribution in [2.45, 2.75) is 24.1 Å². The van der Waals surface area contributed by atoms with E-state index in [2.05, 4.69) is 5.32 Å². The highest BCUT2D eigenvalue weighted by Gasteiger charge is 2.53. The molecule has 2 amide bonds. The number of fused-ring (bicyclic) bond motifs is 1. The number of likely N-dealkylation sites (tertiary alicyclic amines) is 1. The van der Waals surface area contributed by atoms with E-state index in [-0.39, 0.29) is 35.9 Å². The van der Waals surface area contributed by atoms with Gasteiger partial charge in [-0.2, -0.15) is 0 Å². The van der Waals surface area contributed by atoms with Crippen molar-refractivity contribution < 1.29 is 22.7 Å². The number of rotatable bonds is 4. The molecule has 0 spiro atoms. The van der Waals surface area contributed by atoms with E-state index in [0.717, 1.165) is 12.8 Å². The number of hydrogen-bond acceptors (Lipinski definition) is 5. The van der Waals surface area contributed by atoms with E-state index in [9.17, 15) is 18.0 Å². The molecule has 0 aromatic heterocycles. The van der Waals surface area contributed by atoms with Gasteiger partial charge in [-0.25, -0.2) is 8.42 Å². The first-order valence-electron chi connectivity index (χ1n) is 8.84. The number of benzene rings is 1. The minimum atomic E-state index is -3.31. The summed E-state index contributed by atoms with van der Waals surface area (Å²) in [7, 11) is -1.76. The van der Waals surface area contributed by atoms with Crippen molar-refractivity contribution in [1.82, 2.24) is 10.2 Å². The number of nitrogens with one attached hydrogen (secondary N) is 1. The van der Waals surface area contributed by atoms with Gasteiger partial charge in [0.25, 0.3) is 5.91 Å². The third kappa shape index (κ3) is 3.06. The molecule has 0 bridgehead atoms. The second kappa shape index (κ2) is 6.26. The average molecular weight is 378 g/mol. The Morgan fingerprint density at radius 3 is 2.46 bits per heavy atom. The van der Waals surface area contributed by atoms with Gasteiger partial charge >= 0.3 is 0 Å². The smallest absolute Gasteiger partial charge is 0.253 e. The maximum atomic E-state index is 12.7. The molecular formula is C18H22N2O5S. The zero-order valence-corrected chi connectivity index (χ0v) is 15.4. The number of nitrogens with zero attached hydrogens (tertiary/aromatic N) is 1. The van der Waals surface area contributed by atoms with Crippen LogP contribution in [0.15, 0.2) is 24.3 Å². The Balaban J connectivity index is 1.49. The van der Waals surface area contributed by atoms with Crippen LogP contribution in [-0.2, 0) is 14.6 Å². The van der Waals surface area contributed by atoms with Crippen LogP contribution in [0.4, 0.5) is 0 Å². The van der Waals surface area contributed by atoms with Crippen LogP contribution in [0.5, 0.6) is 5.75 Å². The van der Waals surface area contributed by atoms with Crippen molar-refractivity contribution in [2.75, 3.05) is 26.0 Å². The lowest BCUT2D eigenvalue weighted by Gasteiger charge is -2.21. The normalized spacial score (nSPS) is 29.3. The van der Waals surface area contributed by atoms with Crippen LogP contribution in [0.25, 0.3) is 0 Å². The summed E-state index contributed by atoms with van der Waals surface area (Å²) in [5.74, 6) is 0.200. The van der Waals surface area contributed by atoms with Crippen LogP contribution >= 0.6 is 0 Å². The second-order valence-corrected chi connectivity index (χ2v) is 9.62. The highest BCUT2D eigenvalue weighted by Crippen LogP contribution is 2.36. The molecule has 2 aliphatic heterocycles. The fourth-order valence-corrected chi connectivity index (χ4v) is 6.23. The van der Waals surface area contributed by atoms with Gasteiger partial charge < -0.3 is 15.0 Å². The molecule has 1 aromatic rings. The van der Waals surface area contributed by atoms with Gasteiger partial charge in [-0.3, -0.25) is 9.59 Å². The summed E-state index contributed by atoms with van der Waals surface area (Å²) in [5, 5.41) is 2.32. The number of carbonyl (C=O) groups is 2. The van der Waals surface area contributed by atoms with E-state index < -0.39 is 21.1 Å². The molecule has 140 valence electrons. The second-order valence-electron chi connectivity index (χ2n) is 7.36. The molecule has 4 rings (SSSR count). The van der Waals surface area contributed by atoms with Gasteiger partial charge in [0.1, 0.15) is 5.75 Å². The van der Waals surface area contributed by atoms with Crippen molar-refractivity contribution in [2.24, 2.45) is 11.8 Å². The molecule has 3 aliphatic rings. The summed E-state index contributed by atoms with van der Waals surface area (Å²) in [5.41, 5.74) is 0.502. The van der Waals surface area contributed by atoms with Crippen LogP contribution < -0.4 is 10.1 Å². The summed E-state index contributed by atoms with van der Waals surface area (Å²) in [4.78, 5) is 26.4. The summed E-state index contributed by atoms with van der Waals surface area (Å²) < 4.78 is 30.1. The summed E-state index contributed by atoms with van der Waals surface area (Å²) >= 11 is 0. The first-order valence-corrected chi connectivity index (χ1v) is 10.6. The van der Waals surface area contributed by atoms with E-state index >= 15 is 0 Å². The topological polar surface area (TPSA) is 92.8 Å². The predicted octanol–water partition coefficient (Wildman–Crippen LogP) is 0.459. The monoisotopic (exact) mass is 378 g/mol. The molecule has 2 saturated heterocycles. The lowest BCUT2D eigenvalue weighted by molar-refractivity contribution is -0.123. The van der Waals surface area contributed by atoms with Crippen molar-refractivity contribution in [3.05, 3.63) is 29.8 Å². The zero-order chi connectivity index (χ0) is 18.5. The molecule has 0 radical (unpaired) electrons. The Kier molecular flexibility index (Phi) is 4.17.